The molecule has 0 saturated heterocycles. The van der Waals surface area contributed by atoms with Gasteiger partial charge in [0.15, 0.2) is 0 Å². The lowest BCUT2D eigenvalue weighted by Gasteiger charge is -2.10. The largest absolute Gasteiger partial charge is 0.103 e. The van der Waals surface area contributed by atoms with Gasteiger partial charge in [0.2, 0.25) is 0 Å². The van der Waals surface area contributed by atoms with Crippen molar-refractivity contribution in [1.82, 2.24) is 0 Å². The molecule has 0 heteroatoms. The number of rotatable bonds is 3. The molecule has 0 aromatic carbocycles. The second-order valence-electron chi connectivity index (χ2n) is 6.26. The molecule has 0 aromatic heterocycles. The van der Waals surface area contributed by atoms with Gasteiger partial charge in [-0.25, -0.2) is 0 Å². The Morgan fingerprint density at radius 3 is 2.29 bits per heavy atom. The maximum atomic E-state index is 3.57. The SMILES string of the molecule is CCC(CC#CC1CCCCCC1)C1CC1C. The Bertz CT molecular complexity index is 272. The topological polar surface area (TPSA) is 0 Å². The molecule has 2 saturated carbocycles. The Morgan fingerprint density at radius 2 is 1.76 bits per heavy atom. The highest BCUT2D eigenvalue weighted by molar-refractivity contribution is 5.06. The van der Waals surface area contributed by atoms with Crippen molar-refractivity contribution < 1.29 is 0 Å². The first kappa shape index (κ1) is 13.0. The molecular weight excluding hydrogens is 204 g/mol. The molecule has 2 rings (SSSR count). The van der Waals surface area contributed by atoms with Gasteiger partial charge in [-0.1, -0.05) is 51.9 Å². The molecule has 96 valence electrons. The van der Waals surface area contributed by atoms with Crippen molar-refractivity contribution >= 4 is 0 Å². The molecule has 0 spiro atoms. The molecule has 0 aromatic rings. The molecule has 3 atom stereocenters. The standard InChI is InChI=1S/C17H28/c1-3-16(17-13-14(17)2)12-8-11-15-9-6-4-5-7-10-15/h14-17H,3-7,9-10,12-13H2,1-2H3. The van der Waals surface area contributed by atoms with Crippen molar-refractivity contribution in [1.29, 1.82) is 0 Å². The molecular formula is C17H28. The fourth-order valence-electron chi connectivity index (χ4n) is 3.36. The van der Waals surface area contributed by atoms with E-state index in [9.17, 15) is 0 Å². The van der Waals surface area contributed by atoms with E-state index in [1.54, 1.807) is 0 Å². The predicted molar refractivity (Wildman–Crippen MR) is 74.6 cm³/mol. The van der Waals surface area contributed by atoms with Gasteiger partial charge < -0.3 is 0 Å². The summed E-state index contributed by atoms with van der Waals surface area (Å²) in [6.45, 7) is 4.73. The van der Waals surface area contributed by atoms with E-state index in [2.05, 4.69) is 25.7 Å². The van der Waals surface area contributed by atoms with E-state index in [4.69, 9.17) is 0 Å². The zero-order valence-electron chi connectivity index (χ0n) is 11.7. The van der Waals surface area contributed by atoms with Crippen LogP contribution in [0, 0.1) is 35.5 Å². The average molecular weight is 232 g/mol. The lowest BCUT2D eigenvalue weighted by atomic mass is 9.94. The molecule has 3 unspecified atom stereocenters. The van der Waals surface area contributed by atoms with Crippen molar-refractivity contribution in [2.75, 3.05) is 0 Å². The lowest BCUT2D eigenvalue weighted by molar-refractivity contribution is 0.437. The van der Waals surface area contributed by atoms with Crippen molar-refractivity contribution in [3.05, 3.63) is 0 Å². The molecule has 0 heterocycles. The first-order valence-electron chi connectivity index (χ1n) is 7.79. The van der Waals surface area contributed by atoms with Crippen molar-refractivity contribution in [2.24, 2.45) is 23.7 Å². The Balaban J connectivity index is 1.75. The van der Waals surface area contributed by atoms with E-state index < -0.39 is 0 Å². The summed E-state index contributed by atoms with van der Waals surface area (Å²) in [5.41, 5.74) is 0. The van der Waals surface area contributed by atoms with Gasteiger partial charge in [-0.3, -0.25) is 0 Å². The van der Waals surface area contributed by atoms with E-state index in [0.717, 1.165) is 23.7 Å². The molecule has 0 bridgehead atoms. The van der Waals surface area contributed by atoms with E-state index in [-0.39, 0.29) is 0 Å². The summed E-state index contributed by atoms with van der Waals surface area (Å²) in [7, 11) is 0. The first-order chi connectivity index (χ1) is 8.31. The van der Waals surface area contributed by atoms with Gasteiger partial charge in [-0.05, 0) is 37.0 Å². The fourth-order valence-corrected chi connectivity index (χ4v) is 3.36. The zero-order valence-corrected chi connectivity index (χ0v) is 11.7. The van der Waals surface area contributed by atoms with Crippen LogP contribution in [-0.4, -0.2) is 0 Å². The summed E-state index contributed by atoms with van der Waals surface area (Å²) in [6.07, 6.45) is 12.4. The third-order valence-corrected chi connectivity index (χ3v) is 4.83. The lowest BCUT2D eigenvalue weighted by Crippen LogP contribution is -2.02. The van der Waals surface area contributed by atoms with Crippen LogP contribution < -0.4 is 0 Å². The van der Waals surface area contributed by atoms with Crippen LogP contribution in [0.3, 0.4) is 0 Å². The number of hydrogen-bond donors (Lipinski definition) is 0. The van der Waals surface area contributed by atoms with Crippen LogP contribution >= 0.6 is 0 Å². The van der Waals surface area contributed by atoms with Gasteiger partial charge in [0, 0.05) is 12.3 Å². The molecule has 2 fully saturated rings. The minimum atomic E-state index is 0.728. The minimum absolute atomic E-state index is 0.728. The van der Waals surface area contributed by atoms with E-state index in [1.807, 2.05) is 0 Å². The van der Waals surface area contributed by atoms with E-state index in [1.165, 1.54) is 57.8 Å². The third-order valence-electron chi connectivity index (χ3n) is 4.83. The van der Waals surface area contributed by atoms with Crippen molar-refractivity contribution in [3.63, 3.8) is 0 Å². The molecule has 0 aliphatic heterocycles. The Morgan fingerprint density at radius 1 is 1.12 bits per heavy atom. The summed E-state index contributed by atoms with van der Waals surface area (Å²) in [5.74, 6) is 10.7. The van der Waals surface area contributed by atoms with E-state index in [0.29, 0.717) is 0 Å². The number of hydrogen-bond acceptors (Lipinski definition) is 0. The zero-order chi connectivity index (χ0) is 12.1. The van der Waals surface area contributed by atoms with Crippen LogP contribution in [0.5, 0.6) is 0 Å². The molecule has 0 nitrogen and oxygen atoms in total. The molecule has 2 aliphatic carbocycles. The van der Waals surface area contributed by atoms with Gasteiger partial charge >= 0.3 is 0 Å². The second kappa shape index (κ2) is 6.48. The molecule has 0 radical (unpaired) electrons. The Kier molecular flexibility index (Phi) is 4.96. The van der Waals surface area contributed by atoms with Crippen LogP contribution in [-0.2, 0) is 0 Å². The van der Waals surface area contributed by atoms with Gasteiger partial charge in [0.05, 0.1) is 0 Å². The molecule has 2 aliphatic rings. The highest BCUT2D eigenvalue weighted by atomic mass is 14.4. The monoisotopic (exact) mass is 232 g/mol. The molecule has 0 N–H and O–H groups in total. The highest BCUT2D eigenvalue weighted by Gasteiger charge is 2.37. The third kappa shape index (κ3) is 4.06. The Hall–Kier alpha value is -0.440. The average Bonchev–Trinajstić information content (AvgIpc) is 3.08. The van der Waals surface area contributed by atoms with Crippen LogP contribution in [0.15, 0.2) is 0 Å². The van der Waals surface area contributed by atoms with Gasteiger partial charge in [0.25, 0.3) is 0 Å². The minimum Gasteiger partial charge on any atom is -0.103 e. The van der Waals surface area contributed by atoms with Crippen LogP contribution in [0.25, 0.3) is 0 Å². The maximum absolute atomic E-state index is 3.57. The normalized spacial score (nSPS) is 31.2. The maximum Gasteiger partial charge on any atom is 0.0202 e. The van der Waals surface area contributed by atoms with Gasteiger partial charge in [-0.15, -0.1) is 5.92 Å². The quantitative estimate of drug-likeness (QED) is 0.473. The summed E-state index contributed by atoms with van der Waals surface area (Å²) in [6, 6.07) is 0. The van der Waals surface area contributed by atoms with E-state index >= 15 is 0 Å². The van der Waals surface area contributed by atoms with Crippen LogP contribution in [0.4, 0.5) is 0 Å². The summed E-state index contributed by atoms with van der Waals surface area (Å²) < 4.78 is 0. The fraction of sp³-hybridized carbons (Fsp3) is 0.882. The summed E-state index contributed by atoms with van der Waals surface area (Å²) >= 11 is 0. The van der Waals surface area contributed by atoms with Crippen molar-refractivity contribution in [2.45, 2.75) is 71.6 Å². The Labute approximate surface area is 108 Å². The van der Waals surface area contributed by atoms with Crippen LogP contribution in [0.1, 0.15) is 71.6 Å². The highest BCUT2D eigenvalue weighted by Crippen LogP contribution is 2.46. The van der Waals surface area contributed by atoms with Crippen molar-refractivity contribution in [3.8, 4) is 11.8 Å². The van der Waals surface area contributed by atoms with Gasteiger partial charge in [0.1, 0.15) is 0 Å². The second-order valence-corrected chi connectivity index (χ2v) is 6.26. The van der Waals surface area contributed by atoms with Crippen LogP contribution in [0.2, 0.25) is 0 Å². The molecule has 0 amide bonds. The summed E-state index contributed by atoms with van der Waals surface area (Å²) in [5, 5.41) is 0. The van der Waals surface area contributed by atoms with Gasteiger partial charge in [-0.2, -0.15) is 0 Å². The predicted octanol–water partition coefficient (Wildman–Crippen LogP) is 5.03. The molecule has 17 heavy (non-hydrogen) atoms. The summed E-state index contributed by atoms with van der Waals surface area (Å²) in [4.78, 5) is 0. The smallest absolute Gasteiger partial charge is 0.0202 e. The first-order valence-corrected chi connectivity index (χ1v) is 7.79.